The van der Waals surface area contributed by atoms with Crippen LogP contribution < -0.4 is 34.7 Å². The van der Waals surface area contributed by atoms with Crippen LogP contribution in [0, 0.1) is 0 Å². The molecular formula is C15H23NaO. The first-order chi connectivity index (χ1) is 7.84. The van der Waals surface area contributed by atoms with Crippen LogP contribution in [-0.2, 0) is 6.42 Å². The van der Waals surface area contributed by atoms with Gasteiger partial charge in [-0.15, -0.1) is 5.75 Å². The number of para-hydroxylation sites is 1. The summed E-state index contributed by atoms with van der Waals surface area (Å²) >= 11 is 0. The van der Waals surface area contributed by atoms with Gasteiger partial charge in [-0.25, -0.2) is 0 Å². The first kappa shape index (κ1) is 17.0. The van der Waals surface area contributed by atoms with Crippen molar-refractivity contribution in [3.05, 3.63) is 29.8 Å². The summed E-state index contributed by atoms with van der Waals surface area (Å²) in [6, 6.07) is 7.39. The molecule has 0 amide bonds. The van der Waals surface area contributed by atoms with Crippen LogP contribution in [0.25, 0.3) is 0 Å². The van der Waals surface area contributed by atoms with Crippen molar-refractivity contribution in [3.8, 4) is 5.75 Å². The van der Waals surface area contributed by atoms with Crippen molar-refractivity contribution in [2.24, 2.45) is 0 Å². The summed E-state index contributed by atoms with van der Waals surface area (Å²) in [5, 5.41) is 11.4. The average Bonchev–Trinajstić information content (AvgIpc) is 2.30. The molecule has 0 fully saturated rings. The standard InChI is InChI=1S/C15H24O.Na/c1-2-3-4-5-6-7-8-11-14-12-9-10-13-15(14)16;/h9-10,12-13,16H,2-8,11H2,1H3;/q;+1/p-1. The molecule has 0 N–H and O–H groups in total. The van der Waals surface area contributed by atoms with Gasteiger partial charge in [0, 0.05) is 0 Å². The van der Waals surface area contributed by atoms with Crippen LogP contribution in [0.1, 0.15) is 57.4 Å². The second kappa shape index (κ2) is 11.1. The van der Waals surface area contributed by atoms with Crippen molar-refractivity contribution in [3.63, 3.8) is 0 Å². The summed E-state index contributed by atoms with van der Waals surface area (Å²) in [7, 11) is 0. The van der Waals surface area contributed by atoms with Crippen LogP contribution in [0.4, 0.5) is 0 Å². The Morgan fingerprint density at radius 1 is 0.882 bits per heavy atom. The summed E-state index contributed by atoms with van der Waals surface area (Å²) in [6.07, 6.45) is 10.1. The molecule has 0 atom stereocenters. The molecule has 0 bridgehead atoms. The minimum absolute atomic E-state index is 0. The van der Waals surface area contributed by atoms with E-state index in [-0.39, 0.29) is 35.3 Å². The van der Waals surface area contributed by atoms with Crippen LogP contribution in [0.2, 0.25) is 0 Å². The average molecular weight is 242 g/mol. The van der Waals surface area contributed by atoms with E-state index in [2.05, 4.69) is 6.92 Å². The van der Waals surface area contributed by atoms with Crippen molar-refractivity contribution in [1.29, 1.82) is 0 Å². The van der Waals surface area contributed by atoms with Gasteiger partial charge in [0.05, 0.1) is 0 Å². The summed E-state index contributed by atoms with van der Waals surface area (Å²) in [6.45, 7) is 2.24. The fourth-order valence-corrected chi connectivity index (χ4v) is 1.98. The maximum atomic E-state index is 11.4. The molecule has 0 radical (unpaired) electrons. The summed E-state index contributed by atoms with van der Waals surface area (Å²) in [5.41, 5.74) is 0.982. The van der Waals surface area contributed by atoms with E-state index in [1.54, 1.807) is 6.07 Å². The van der Waals surface area contributed by atoms with Crippen molar-refractivity contribution in [2.75, 3.05) is 0 Å². The third-order valence-corrected chi connectivity index (χ3v) is 3.02. The van der Waals surface area contributed by atoms with Gasteiger partial charge in [-0.1, -0.05) is 75.3 Å². The Morgan fingerprint density at radius 3 is 2.12 bits per heavy atom. The molecule has 0 saturated heterocycles. The normalized spacial score (nSPS) is 9.94. The van der Waals surface area contributed by atoms with Crippen molar-refractivity contribution < 1.29 is 34.7 Å². The van der Waals surface area contributed by atoms with Crippen LogP contribution in [0.15, 0.2) is 24.3 Å². The quantitative estimate of drug-likeness (QED) is 0.494. The monoisotopic (exact) mass is 242 g/mol. The van der Waals surface area contributed by atoms with E-state index in [1.165, 1.54) is 38.5 Å². The molecule has 90 valence electrons. The minimum Gasteiger partial charge on any atom is -0.872 e. The minimum atomic E-state index is 0. The second-order valence-electron chi connectivity index (χ2n) is 4.48. The van der Waals surface area contributed by atoms with Gasteiger partial charge in [-0.2, -0.15) is 0 Å². The Kier molecular flexibility index (Phi) is 11.1. The number of rotatable bonds is 8. The van der Waals surface area contributed by atoms with E-state index in [1.807, 2.05) is 18.2 Å². The van der Waals surface area contributed by atoms with Crippen molar-refractivity contribution in [1.82, 2.24) is 0 Å². The maximum Gasteiger partial charge on any atom is 1.00 e. The van der Waals surface area contributed by atoms with E-state index >= 15 is 0 Å². The molecule has 0 heterocycles. The van der Waals surface area contributed by atoms with Gasteiger partial charge < -0.3 is 5.11 Å². The molecule has 0 aliphatic heterocycles. The molecule has 1 nitrogen and oxygen atoms in total. The van der Waals surface area contributed by atoms with Crippen LogP contribution >= 0.6 is 0 Å². The first-order valence-corrected chi connectivity index (χ1v) is 6.59. The van der Waals surface area contributed by atoms with Gasteiger partial charge in [0.15, 0.2) is 0 Å². The van der Waals surface area contributed by atoms with Crippen molar-refractivity contribution in [2.45, 2.75) is 58.3 Å². The number of hydrogen-bond donors (Lipinski definition) is 0. The molecule has 17 heavy (non-hydrogen) atoms. The van der Waals surface area contributed by atoms with Gasteiger partial charge in [0.1, 0.15) is 0 Å². The van der Waals surface area contributed by atoms with Gasteiger partial charge in [-0.05, 0) is 12.8 Å². The van der Waals surface area contributed by atoms with E-state index in [0.29, 0.717) is 0 Å². The topological polar surface area (TPSA) is 23.1 Å². The fourth-order valence-electron chi connectivity index (χ4n) is 1.98. The fraction of sp³-hybridized carbons (Fsp3) is 0.600. The second-order valence-corrected chi connectivity index (χ2v) is 4.48. The Hall–Kier alpha value is 0.0200. The van der Waals surface area contributed by atoms with E-state index in [0.717, 1.165) is 18.4 Å². The molecule has 1 aromatic carbocycles. The van der Waals surface area contributed by atoms with Crippen LogP contribution in [-0.4, -0.2) is 0 Å². The SMILES string of the molecule is CCCCCCCCCc1ccccc1[O-].[Na+]. The van der Waals surface area contributed by atoms with Gasteiger partial charge in [-0.3, -0.25) is 0 Å². The predicted molar refractivity (Wildman–Crippen MR) is 67.6 cm³/mol. The van der Waals surface area contributed by atoms with Crippen LogP contribution in [0.5, 0.6) is 5.75 Å². The first-order valence-electron chi connectivity index (χ1n) is 6.59. The van der Waals surface area contributed by atoms with E-state index < -0.39 is 0 Å². The zero-order valence-corrected chi connectivity index (χ0v) is 13.4. The number of hydrogen-bond acceptors (Lipinski definition) is 1. The zero-order valence-electron chi connectivity index (χ0n) is 11.4. The third kappa shape index (κ3) is 7.86. The number of unbranched alkanes of at least 4 members (excludes halogenated alkanes) is 6. The number of aryl methyl sites for hydroxylation is 1. The Bertz CT molecular complexity index is 286. The van der Waals surface area contributed by atoms with E-state index in [4.69, 9.17) is 0 Å². The van der Waals surface area contributed by atoms with Gasteiger partial charge >= 0.3 is 29.6 Å². The molecule has 0 aromatic heterocycles. The predicted octanol–water partition coefficient (Wildman–Crippen LogP) is 1.06. The maximum absolute atomic E-state index is 11.4. The smallest absolute Gasteiger partial charge is 0.872 e. The summed E-state index contributed by atoms with van der Waals surface area (Å²) in [4.78, 5) is 0. The summed E-state index contributed by atoms with van der Waals surface area (Å²) < 4.78 is 0. The Labute approximate surface area is 128 Å². The van der Waals surface area contributed by atoms with Gasteiger partial charge in [0.25, 0.3) is 0 Å². The van der Waals surface area contributed by atoms with E-state index in [9.17, 15) is 5.11 Å². The number of benzene rings is 1. The zero-order chi connectivity index (χ0) is 11.6. The van der Waals surface area contributed by atoms with Crippen molar-refractivity contribution >= 4 is 0 Å². The molecule has 2 heteroatoms. The van der Waals surface area contributed by atoms with Crippen LogP contribution in [0.3, 0.4) is 0 Å². The Morgan fingerprint density at radius 2 is 1.47 bits per heavy atom. The largest absolute Gasteiger partial charge is 1.00 e. The summed E-state index contributed by atoms with van der Waals surface area (Å²) in [5.74, 6) is 0.202. The third-order valence-electron chi connectivity index (χ3n) is 3.02. The molecule has 1 aromatic rings. The molecule has 0 spiro atoms. The molecule has 0 saturated carbocycles. The van der Waals surface area contributed by atoms with Gasteiger partial charge in [0.2, 0.25) is 0 Å². The molecule has 0 unspecified atom stereocenters. The molecule has 1 rings (SSSR count). The molecule has 0 aliphatic rings. The Balaban J connectivity index is 0.00000256. The molecule has 0 aliphatic carbocycles. The molecular weight excluding hydrogens is 219 g/mol.